The highest BCUT2D eigenvalue weighted by molar-refractivity contribution is 7.91. The van der Waals surface area contributed by atoms with Gasteiger partial charge in [0.1, 0.15) is 0 Å². The van der Waals surface area contributed by atoms with Crippen LogP contribution in [0.15, 0.2) is 18.2 Å². The van der Waals surface area contributed by atoms with E-state index in [1.165, 1.54) is 6.07 Å². The molecule has 110 valence electrons. The van der Waals surface area contributed by atoms with Crippen molar-refractivity contribution in [2.45, 2.75) is 18.8 Å². The van der Waals surface area contributed by atoms with Gasteiger partial charge in [0.2, 0.25) is 0 Å². The lowest BCUT2D eigenvalue weighted by atomic mass is 10.1. The predicted octanol–water partition coefficient (Wildman–Crippen LogP) is 1.96. The van der Waals surface area contributed by atoms with Crippen molar-refractivity contribution >= 4 is 32.8 Å². The van der Waals surface area contributed by atoms with E-state index in [2.05, 4.69) is 0 Å². The average Bonchev–Trinajstić information content (AvgIpc) is 2.36. The fourth-order valence-electron chi connectivity index (χ4n) is 2.42. The molecule has 1 aliphatic heterocycles. The van der Waals surface area contributed by atoms with Crippen molar-refractivity contribution in [3.8, 4) is 0 Å². The Morgan fingerprint density at radius 2 is 2.20 bits per heavy atom. The number of hydrogen-bond acceptors (Lipinski definition) is 5. The summed E-state index contributed by atoms with van der Waals surface area (Å²) < 4.78 is 23.1. The lowest BCUT2D eigenvalue weighted by Gasteiger charge is -2.35. The fraction of sp³-hybridized carbons (Fsp3) is 0.500. The summed E-state index contributed by atoms with van der Waals surface area (Å²) in [7, 11) is -2.99. The number of nitro benzene ring substituents is 1. The molecule has 0 aliphatic carbocycles. The zero-order valence-electron chi connectivity index (χ0n) is 11.0. The van der Waals surface area contributed by atoms with Crippen LogP contribution in [0, 0.1) is 10.1 Å². The van der Waals surface area contributed by atoms with Gasteiger partial charge in [0.05, 0.1) is 22.3 Å². The molecule has 1 aliphatic rings. The molecule has 6 nitrogen and oxygen atoms in total. The van der Waals surface area contributed by atoms with Crippen LogP contribution in [-0.4, -0.2) is 37.4 Å². The lowest BCUT2D eigenvalue weighted by molar-refractivity contribution is -0.385. The summed E-state index contributed by atoms with van der Waals surface area (Å²) in [4.78, 5) is 12.4. The number of hydrogen-bond donors (Lipinski definition) is 0. The van der Waals surface area contributed by atoms with Crippen LogP contribution in [0.5, 0.6) is 0 Å². The van der Waals surface area contributed by atoms with E-state index in [0.717, 1.165) is 5.69 Å². The molecule has 0 spiro atoms. The summed E-state index contributed by atoms with van der Waals surface area (Å²) in [5.41, 5.74) is 1.20. The number of sulfone groups is 1. The van der Waals surface area contributed by atoms with Crippen molar-refractivity contribution in [1.82, 2.24) is 0 Å². The fourth-order valence-corrected chi connectivity index (χ4v) is 4.19. The SMILES string of the molecule is CC1CS(=O)(=O)CCN1c1ccc([N+](=O)[O-])c(CCl)c1. The van der Waals surface area contributed by atoms with Crippen LogP contribution in [0.4, 0.5) is 11.4 Å². The van der Waals surface area contributed by atoms with Crippen LogP contribution in [0.3, 0.4) is 0 Å². The molecule has 1 unspecified atom stereocenters. The van der Waals surface area contributed by atoms with Crippen LogP contribution in [0.25, 0.3) is 0 Å². The van der Waals surface area contributed by atoms with Gasteiger partial charge in [-0.2, -0.15) is 0 Å². The minimum atomic E-state index is -2.99. The quantitative estimate of drug-likeness (QED) is 0.483. The summed E-state index contributed by atoms with van der Waals surface area (Å²) >= 11 is 5.75. The Morgan fingerprint density at radius 1 is 1.50 bits per heavy atom. The molecule has 2 rings (SSSR count). The van der Waals surface area contributed by atoms with E-state index in [-0.39, 0.29) is 29.1 Å². The van der Waals surface area contributed by atoms with Gasteiger partial charge in [0.15, 0.2) is 9.84 Å². The largest absolute Gasteiger partial charge is 0.367 e. The van der Waals surface area contributed by atoms with E-state index in [9.17, 15) is 18.5 Å². The number of rotatable bonds is 3. The molecule has 1 aromatic rings. The molecule has 1 saturated heterocycles. The van der Waals surface area contributed by atoms with Crippen molar-refractivity contribution in [2.24, 2.45) is 0 Å². The molecule has 1 aromatic carbocycles. The summed E-state index contributed by atoms with van der Waals surface area (Å²) in [6.07, 6.45) is 0. The molecular formula is C12H15ClN2O4S. The summed E-state index contributed by atoms with van der Waals surface area (Å²) in [6, 6.07) is 4.57. The molecular weight excluding hydrogens is 304 g/mol. The Hall–Kier alpha value is -1.34. The van der Waals surface area contributed by atoms with Gasteiger partial charge in [-0.05, 0) is 19.1 Å². The summed E-state index contributed by atoms with van der Waals surface area (Å²) in [5, 5.41) is 10.9. The van der Waals surface area contributed by atoms with Crippen molar-refractivity contribution < 1.29 is 13.3 Å². The number of benzene rings is 1. The predicted molar refractivity (Wildman–Crippen MR) is 78.1 cm³/mol. The third-order valence-electron chi connectivity index (χ3n) is 3.41. The highest BCUT2D eigenvalue weighted by Gasteiger charge is 2.29. The Bertz CT molecular complexity index is 632. The Morgan fingerprint density at radius 3 is 2.75 bits per heavy atom. The molecule has 8 heteroatoms. The van der Waals surface area contributed by atoms with E-state index in [0.29, 0.717) is 12.1 Å². The molecule has 1 fully saturated rings. The minimum absolute atomic E-state index is 0.0129. The monoisotopic (exact) mass is 318 g/mol. The molecule has 20 heavy (non-hydrogen) atoms. The maximum absolute atomic E-state index is 11.6. The van der Waals surface area contributed by atoms with Crippen LogP contribution in [0.1, 0.15) is 12.5 Å². The second-order valence-electron chi connectivity index (χ2n) is 4.86. The van der Waals surface area contributed by atoms with Gasteiger partial charge in [-0.25, -0.2) is 8.42 Å². The highest BCUT2D eigenvalue weighted by Crippen LogP contribution is 2.28. The van der Waals surface area contributed by atoms with Gasteiger partial charge >= 0.3 is 0 Å². The molecule has 0 bridgehead atoms. The second-order valence-corrected chi connectivity index (χ2v) is 7.36. The van der Waals surface area contributed by atoms with Crippen LogP contribution in [-0.2, 0) is 15.7 Å². The maximum Gasteiger partial charge on any atom is 0.273 e. The second kappa shape index (κ2) is 5.57. The first-order valence-electron chi connectivity index (χ1n) is 6.14. The van der Waals surface area contributed by atoms with Gasteiger partial charge in [-0.1, -0.05) is 0 Å². The molecule has 0 radical (unpaired) electrons. The number of halogens is 1. The van der Waals surface area contributed by atoms with Crippen molar-refractivity contribution in [1.29, 1.82) is 0 Å². The van der Waals surface area contributed by atoms with E-state index >= 15 is 0 Å². The third-order valence-corrected chi connectivity index (χ3v) is 5.49. The number of alkyl halides is 1. The first-order chi connectivity index (χ1) is 9.34. The smallest absolute Gasteiger partial charge is 0.273 e. The summed E-state index contributed by atoms with van der Waals surface area (Å²) in [6.45, 7) is 2.22. The van der Waals surface area contributed by atoms with E-state index in [1.54, 1.807) is 12.1 Å². The average molecular weight is 319 g/mol. The van der Waals surface area contributed by atoms with Gasteiger partial charge in [0.25, 0.3) is 5.69 Å². The van der Waals surface area contributed by atoms with Gasteiger partial charge < -0.3 is 4.90 Å². The van der Waals surface area contributed by atoms with E-state index < -0.39 is 14.8 Å². The van der Waals surface area contributed by atoms with Crippen molar-refractivity contribution in [3.63, 3.8) is 0 Å². The van der Waals surface area contributed by atoms with Crippen LogP contribution < -0.4 is 4.90 Å². The number of nitrogens with zero attached hydrogens (tertiary/aromatic N) is 2. The molecule has 0 saturated carbocycles. The van der Waals surface area contributed by atoms with Crippen molar-refractivity contribution in [2.75, 3.05) is 23.0 Å². The Labute approximate surface area is 122 Å². The van der Waals surface area contributed by atoms with Crippen molar-refractivity contribution in [3.05, 3.63) is 33.9 Å². The zero-order chi connectivity index (χ0) is 14.9. The maximum atomic E-state index is 11.6. The van der Waals surface area contributed by atoms with Crippen LogP contribution in [0.2, 0.25) is 0 Å². The lowest BCUT2D eigenvalue weighted by Crippen LogP contribution is -2.47. The van der Waals surface area contributed by atoms with Gasteiger partial charge in [0, 0.05) is 29.9 Å². The zero-order valence-corrected chi connectivity index (χ0v) is 12.5. The Balaban J connectivity index is 2.32. The Kier molecular flexibility index (Phi) is 4.19. The summed E-state index contributed by atoms with van der Waals surface area (Å²) in [5.74, 6) is 0.245. The molecule has 0 aromatic heterocycles. The first-order valence-corrected chi connectivity index (χ1v) is 8.50. The van der Waals surface area contributed by atoms with Gasteiger partial charge in [-0.15, -0.1) is 11.6 Å². The van der Waals surface area contributed by atoms with E-state index in [4.69, 9.17) is 11.6 Å². The molecule has 0 amide bonds. The molecule has 1 heterocycles. The molecule has 0 N–H and O–H groups in total. The van der Waals surface area contributed by atoms with E-state index in [1.807, 2.05) is 11.8 Å². The highest BCUT2D eigenvalue weighted by atomic mass is 35.5. The normalized spacial score (nSPS) is 21.7. The third kappa shape index (κ3) is 3.04. The van der Waals surface area contributed by atoms with Crippen LogP contribution >= 0.6 is 11.6 Å². The minimum Gasteiger partial charge on any atom is -0.367 e. The molecule has 1 atom stereocenters. The number of anilines is 1. The number of nitro groups is 1. The van der Waals surface area contributed by atoms with Gasteiger partial charge in [-0.3, -0.25) is 10.1 Å². The standard InChI is InChI=1S/C12H15ClN2O4S/c1-9-8-20(18,19)5-4-14(9)11-2-3-12(15(16)17)10(6-11)7-13/h2-3,6,9H,4-5,7-8H2,1H3. The topological polar surface area (TPSA) is 80.5 Å². The first kappa shape index (κ1) is 15.1.